The summed E-state index contributed by atoms with van der Waals surface area (Å²) in [5, 5.41) is 5.66. The molecule has 7 rings (SSSR count). The number of methoxy groups -OCH3 is 2. The molecule has 2 atom stereocenters. The van der Waals surface area contributed by atoms with Gasteiger partial charge in [-0.05, 0) is 87.7 Å². The van der Waals surface area contributed by atoms with Gasteiger partial charge in [0.25, 0.3) is 0 Å². The minimum atomic E-state index is 0.461. The van der Waals surface area contributed by atoms with Crippen LogP contribution in [0, 0.1) is 11.8 Å². The zero-order chi connectivity index (χ0) is 31.8. The number of anilines is 1. The van der Waals surface area contributed by atoms with Crippen molar-refractivity contribution in [3.63, 3.8) is 0 Å². The molecular formula is C35H41Cl2N7O2. The molecule has 9 nitrogen and oxygen atoms in total. The Morgan fingerprint density at radius 3 is 2.67 bits per heavy atom. The number of rotatable bonds is 12. The zero-order valence-electron chi connectivity index (χ0n) is 26.6. The molecule has 0 saturated heterocycles. The van der Waals surface area contributed by atoms with Crippen LogP contribution in [0.25, 0.3) is 22.1 Å². The Bertz CT molecular complexity index is 1790. The van der Waals surface area contributed by atoms with Gasteiger partial charge in [-0.25, -0.2) is 15.0 Å². The highest BCUT2D eigenvalue weighted by Crippen LogP contribution is 2.40. The van der Waals surface area contributed by atoms with Gasteiger partial charge in [0.05, 0.1) is 40.7 Å². The number of ether oxygens (including phenoxy) is 2. The van der Waals surface area contributed by atoms with Crippen LogP contribution in [0.3, 0.4) is 0 Å². The Balaban J connectivity index is 0.899. The van der Waals surface area contributed by atoms with Gasteiger partial charge in [-0.1, -0.05) is 23.2 Å². The van der Waals surface area contributed by atoms with Crippen LogP contribution < -0.4 is 14.8 Å². The number of hydrogen-bond donors (Lipinski definition) is 2. The predicted molar refractivity (Wildman–Crippen MR) is 184 cm³/mol. The lowest BCUT2D eigenvalue weighted by molar-refractivity contribution is 0.0828. The number of halogens is 2. The van der Waals surface area contributed by atoms with E-state index < -0.39 is 0 Å². The molecule has 2 fully saturated rings. The van der Waals surface area contributed by atoms with Crippen LogP contribution in [0.4, 0.5) is 5.82 Å². The van der Waals surface area contributed by atoms with E-state index in [4.69, 9.17) is 42.6 Å². The summed E-state index contributed by atoms with van der Waals surface area (Å²) in [6.07, 6.45) is 12.1. The van der Waals surface area contributed by atoms with Crippen molar-refractivity contribution in [3.8, 4) is 11.5 Å². The number of nitrogens with zero attached hydrogens (tertiary/aromatic N) is 5. The number of H-pyrrole nitrogens is 1. The second-order valence-electron chi connectivity index (χ2n) is 13.0. The molecule has 2 aliphatic rings. The highest BCUT2D eigenvalue weighted by atomic mass is 35.5. The van der Waals surface area contributed by atoms with E-state index in [2.05, 4.69) is 44.1 Å². The average Bonchev–Trinajstić information content (AvgIpc) is 3.78. The topological polar surface area (TPSA) is 93.1 Å². The maximum Gasteiger partial charge on any atom is 0.145 e. The quantitative estimate of drug-likeness (QED) is 0.140. The third-order valence-electron chi connectivity index (χ3n) is 10.1. The summed E-state index contributed by atoms with van der Waals surface area (Å²) in [7, 11) is 5.65. The minimum absolute atomic E-state index is 0.461. The average molecular weight is 663 g/mol. The number of hydrogen-bond acceptors (Lipinski definition) is 7. The fourth-order valence-corrected chi connectivity index (χ4v) is 7.74. The third-order valence-corrected chi connectivity index (χ3v) is 10.8. The highest BCUT2D eigenvalue weighted by molar-refractivity contribution is 6.42. The second-order valence-corrected chi connectivity index (χ2v) is 13.8. The Kier molecular flexibility index (Phi) is 8.99. The van der Waals surface area contributed by atoms with Crippen molar-refractivity contribution in [1.82, 2.24) is 29.4 Å². The monoisotopic (exact) mass is 661 g/mol. The van der Waals surface area contributed by atoms with E-state index in [-0.39, 0.29) is 0 Å². The summed E-state index contributed by atoms with van der Waals surface area (Å²) < 4.78 is 13.3. The van der Waals surface area contributed by atoms with Crippen LogP contribution in [0.2, 0.25) is 10.0 Å². The molecule has 0 radical (unpaired) electrons. The van der Waals surface area contributed by atoms with Crippen molar-refractivity contribution in [1.29, 1.82) is 0 Å². The van der Waals surface area contributed by atoms with Crippen LogP contribution >= 0.6 is 23.2 Å². The largest absolute Gasteiger partial charge is 0.497 e. The summed E-state index contributed by atoms with van der Waals surface area (Å²) >= 11 is 12.3. The Morgan fingerprint density at radius 1 is 1.00 bits per heavy atom. The molecule has 2 aromatic carbocycles. The van der Waals surface area contributed by atoms with E-state index in [1.165, 1.54) is 32.1 Å². The van der Waals surface area contributed by atoms with E-state index in [1.54, 1.807) is 20.5 Å². The van der Waals surface area contributed by atoms with Crippen molar-refractivity contribution in [2.75, 3.05) is 33.1 Å². The molecule has 242 valence electrons. The van der Waals surface area contributed by atoms with Crippen LogP contribution in [0.1, 0.15) is 56.0 Å². The molecule has 0 aliphatic heterocycles. The Hall–Kier alpha value is -3.53. The normalized spacial score (nSPS) is 21.3. The van der Waals surface area contributed by atoms with Gasteiger partial charge in [-0.2, -0.15) is 0 Å². The fraction of sp³-hybridized carbons (Fsp3) is 0.457. The molecule has 0 bridgehead atoms. The maximum atomic E-state index is 6.17. The summed E-state index contributed by atoms with van der Waals surface area (Å²) in [4.78, 5) is 20.0. The molecule has 11 heteroatoms. The van der Waals surface area contributed by atoms with Gasteiger partial charge in [-0.15, -0.1) is 0 Å². The van der Waals surface area contributed by atoms with Gasteiger partial charge in [0.15, 0.2) is 0 Å². The first-order valence-corrected chi connectivity index (χ1v) is 16.9. The molecule has 2 aliphatic carbocycles. The molecular weight excluding hydrogens is 621 g/mol. The van der Waals surface area contributed by atoms with Crippen molar-refractivity contribution < 1.29 is 9.47 Å². The number of aryl methyl sites for hydroxylation is 1. The van der Waals surface area contributed by atoms with Crippen molar-refractivity contribution in [2.24, 2.45) is 11.8 Å². The predicted octanol–water partition coefficient (Wildman–Crippen LogP) is 7.93. The van der Waals surface area contributed by atoms with Gasteiger partial charge >= 0.3 is 0 Å². The summed E-state index contributed by atoms with van der Waals surface area (Å²) in [6.45, 7) is 1.75. The van der Waals surface area contributed by atoms with Crippen LogP contribution in [0.5, 0.6) is 11.5 Å². The lowest BCUT2D eigenvalue weighted by atomic mass is 9.76. The summed E-state index contributed by atoms with van der Waals surface area (Å²) in [5.41, 5.74) is 3.87. The molecule has 5 aromatic rings. The number of imidazole rings is 1. The van der Waals surface area contributed by atoms with Crippen molar-refractivity contribution in [3.05, 3.63) is 70.4 Å². The van der Waals surface area contributed by atoms with Gasteiger partial charge in [0.2, 0.25) is 0 Å². The maximum absolute atomic E-state index is 6.17. The third kappa shape index (κ3) is 6.37. The van der Waals surface area contributed by atoms with Gasteiger partial charge in [-0.3, -0.25) is 0 Å². The van der Waals surface area contributed by atoms with Crippen LogP contribution in [-0.4, -0.2) is 63.3 Å². The molecule has 2 saturated carbocycles. The summed E-state index contributed by atoms with van der Waals surface area (Å²) in [5.74, 6) is 4.86. The van der Waals surface area contributed by atoms with Gasteiger partial charge < -0.3 is 29.2 Å². The van der Waals surface area contributed by atoms with Crippen LogP contribution in [-0.2, 0) is 13.0 Å². The number of aromatic nitrogens is 5. The minimum Gasteiger partial charge on any atom is -0.497 e. The molecule has 0 spiro atoms. The standard InChI is InChI=1S/C35H41Cl2N7O2/c1-43(25-12-21(13-25)5-9-33-41-30-16-28(36)29(37)17-31(30)42-33)19-22-4-7-24(14-22)44-11-10-27-34(39-20-40-35(27)44)38-18-23-6-8-26(45-2)15-32(23)46-3/h6,8,10-11,15-17,20-22,24-25H,4-5,7,9,12-14,18-19H2,1-3H3,(H,41,42)(H,38,39,40)/t21?,22-,24+,25?/m1/s1. The van der Waals surface area contributed by atoms with Crippen molar-refractivity contribution >= 4 is 51.1 Å². The highest BCUT2D eigenvalue weighted by Gasteiger charge is 2.34. The molecule has 0 unspecified atom stereocenters. The first-order valence-electron chi connectivity index (χ1n) is 16.2. The lowest BCUT2D eigenvalue weighted by Crippen LogP contribution is -2.44. The van der Waals surface area contributed by atoms with Crippen LogP contribution in [0.15, 0.2) is 48.9 Å². The summed E-state index contributed by atoms with van der Waals surface area (Å²) in [6, 6.07) is 12.8. The molecule has 46 heavy (non-hydrogen) atoms. The number of fused-ring (bicyclic) bond motifs is 2. The second kappa shape index (κ2) is 13.3. The number of benzene rings is 2. The first-order chi connectivity index (χ1) is 22.4. The Morgan fingerprint density at radius 2 is 1.85 bits per heavy atom. The smallest absolute Gasteiger partial charge is 0.145 e. The fourth-order valence-electron chi connectivity index (χ4n) is 7.42. The first kappa shape index (κ1) is 31.1. The van der Waals surface area contributed by atoms with Crippen molar-refractivity contribution in [2.45, 2.75) is 63.6 Å². The van der Waals surface area contributed by atoms with E-state index in [0.29, 0.717) is 34.6 Å². The van der Waals surface area contributed by atoms with E-state index in [9.17, 15) is 0 Å². The zero-order valence-corrected chi connectivity index (χ0v) is 28.1. The SMILES string of the molecule is COc1ccc(CNc2ncnc3c2ccn3[C@H]2CC[C@@H](CN(C)C3CC(CCc4nc5cc(Cl)c(Cl)cc5[nH]4)C3)C2)c(OC)c1. The van der Waals surface area contributed by atoms with E-state index in [0.717, 1.165) is 76.1 Å². The number of nitrogens with one attached hydrogen (secondary N) is 2. The lowest BCUT2D eigenvalue weighted by Gasteiger charge is -2.42. The number of aromatic amines is 1. The van der Waals surface area contributed by atoms with Gasteiger partial charge in [0, 0.05) is 49.4 Å². The van der Waals surface area contributed by atoms with E-state index in [1.807, 2.05) is 30.3 Å². The molecule has 2 N–H and O–H groups in total. The van der Waals surface area contributed by atoms with E-state index >= 15 is 0 Å². The molecule has 3 heterocycles. The van der Waals surface area contributed by atoms with Gasteiger partial charge in [0.1, 0.15) is 35.1 Å². The molecule has 0 amide bonds. The Labute approximate surface area is 279 Å². The molecule has 3 aromatic heterocycles.